The Labute approximate surface area is 159 Å². The molecule has 3 atom stereocenters. The molecule has 4 rings (SSSR count). The molecule has 5 heteroatoms. The van der Waals surface area contributed by atoms with Gasteiger partial charge in [-0.1, -0.05) is 20.3 Å². The Balaban J connectivity index is 2.17. The molecule has 27 heavy (non-hydrogen) atoms. The van der Waals surface area contributed by atoms with Crippen LogP contribution in [0.2, 0.25) is 0 Å². The van der Waals surface area contributed by atoms with Gasteiger partial charge in [0.1, 0.15) is 23.2 Å². The first-order chi connectivity index (χ1) is 12.7. The number of pyridine rings is 1. The van der Waals surface area contributed by atoms with E-state index in [4.69, 9.17) is 9.47 Å². The number of aromatic amines is 1. The number of aromatic nitrogens is 1. The number of aliphatic hydroxyl groups excluding tert-OH is 1. The van der Waals surface area contributed by atoms with Gasteiger partial charge in [-0.3, -0.25) is 4.79 Å². The largest absolute Gasteiger partial charge is 0.489 e. The second-order valence-corrected chi connectivity index (χ2v) is 8.31. The molecule has 0 saturated heterocycles. The van der Waals surface area contributed by atoms with Crippen molar-refractivity contribution in [2.45, 2.75) is 65.3 Å². The number of hydrogen-bond acceptors (Lipinski definition) is 4. The summed E-state index contributed by atoms with van der Waals surface area (Å²) in [5.41, 5.74) is 2.46. The molecule has 0 radical (unpaired) electrons. The molecule has 0 aliphatic carbocycles. The van der Waals surface area contributed by atoms with Crippen LogP contribution in [0.4, 0.5) is 0 Å². The van der Waals surface area contributed by atoms with E-state index in [-0.39, 0.29) is 17.6 Å². The monoisotopic (exact) mass is 369 g/mol. The number of nitrogens with one attached hydrogen (secondary N) is 1. The smallest absolute Gasteiger partial charge is 0.248 e. The molecule has 2 aliphatic rings. The van der Waals surface area contributed by atoms with E-state index in [0.29, 0.717) is 16.8 Å². The van der Waals surface area contributed by atoms with E-state index < -0.39 is 11.7 Å². The summed E-state index contributed by atoms with van der Waals surface area (Å²) in [6, 6.07) is 1.65. The number of aryl methyl sites for hydroxylation is 1. The summed E-state index contributed by atoms with van der Waals surface area (Å²) in [6.45, 7) is 10.0. The van der Waals surface area contributed by atoms with Crippen LogP contribution < -0.4 is 15.0 Å². The van der Waals surface area contributed by atoms with E-state index in [0.717, 1.165) is 35.1 Å². The Morgan fingerprint density at radius 3 is 2.70 bits per heavy atom. The van der Waals surface area contributed by atoms with Crippen LogP contribution >= 0.6 is 0 Å². The van der Waals surface area contributed by atoms with Gasteiger partial charge < -0.3 is 19.6 Å². The van der Waals surface area contributed by atoms with Crippen molar-refractivity contribution < 1.29 is 14.6 Å². The third-order valence-electron chi connectivity index (χ3n) is 5.73. The summed E-state index contributed by atoms with van der Waals surface area (Å²) in [4.78, 5) is 15.3. The van der Waals surface area contributed by atoms with Crippen LogP contribution in [-0.4, -0.2) is 21.8 Å². The number of rotatable bonds is 2. The fourth-order valence-electron chi connectivity index (χ4n) is 4.10. The number of H-pyrrole nitrogens is 1. The van der Waals surface area contributed by atoms with Crippen LogP contribution in [0, 0.1) is 5.92 Å². The molecule has 5 nitrogen and oxygen atoms in total. The van der Waals surface area contributed by atoms with Crippen molar-refractivity contribution in [2.24, 2.45) is 5.92 Å². The minimum absolute atomic E-state index is 0.0815. The molecule has 0 fully saturated rings. The number of hydrogen-bond donors (Lipinski definition) is 2. The molecule has 1 aromatic heterocycles. The summed E-state index contributed by atoms with van der Waals surface area (Å²) in [7, 11) is 0. The third kappa shape index (κ3) is 2.76. The number of aliphatic hydroxyl groups is 1. The van der Waals surface area contributed by atoms with Gasteiger partial charge in [0, 0.05) is 22.9 Å². The molecule has 0 amide bonds. The van der Waals surface area contributed by atoms with E-state index in [9.17, 15) is 9.90 Å². The van der Waals surface area contributed by atoms with Gasteiger partial charge in [0.25, 0.3) is 0 Å². The second-order valence-electron chi connectivity index (χ2n) is 8.31. The van der Waals surface area contributed by atoms with Crippen molar-refractivity contribution in [3.63, 3.8) is 0 Å². The highest BCUT2D eigenvalue weighted by atomic mass is 16.5. The maximum absolute atomic E-state index is 12.4. The molecule has 0 unspecified atom stereocenters. The first-order valence-corrected chi connectivity index (χ1v) is 9.72. The van der Waals surface area contributed by atoms with Crippen LogP contribution in [0.25, 0.3) is 17.0 Å². The van der Waals surface area contributed by atoms with Crippen LogP contribution in [0.5, 0.6) is 11.5 Å². The Hall–Kier alpha value is -2.27. The average Bonchev–Trinajstić information content (AvgIpc) is 2.58. The van der Waals surface area contributed by atoms with Gasteiger partial charge >= 0.3 is 0 Å². The molecule has 2 aliphatic heterocycles. The fraction of sp³-hybridized carbons (Fsp3) is 0.500. The predicted octanol–water partition coefficient (Wildman–Crippen LogP) is 4.12. The average molecular weight is 369 g/mol. The van der Waals surface area contributed by atoms with E-state index >= 15 is 0 Å². The van der Waals surface area contributed by atoms with Gasteiger partial charge in [-0.25, -0.2) is 0 Å². The van der Waals surface area contributed by atoms with E-state index in [1.165, 1.54) is 0 Å². The molecular formula is C22H27NO4. The number of fused-ring (bicyclic) bond motifs is 6. The number of benzene rings is 1. The Kier molecular flexibility index (Phi) is 4.11. The molecule has 2 aromatic rings. The molecule has 0 bridgehead atoms. The zero-order chi connectivity index (χ0) is 19.5. The number of ether oxygens (including phenoxy) is 2. The molecule has 1 aromatic carbocycles. The zero-order valence-corrected chi connectivity index (χ0v) is 16.6. The van der Waals surface area contributed by atoms with E-state index in [1.54, 1.807) is 6.07 Å². The lowest BCUT2D eigenvalue weighted by Crippen LogP contribution is -2.34. The van der Waals surface area contributed by atoms with E-state index in [1.807, 2.05) is 39.8 Å². The summed E-state index contributed by atoms with van der Waals surface area (Å²) in [5, 5.41) is 11.9. The zero-order valence-electron chi connectivity index (χ0n) is 16.6. The molecule has 144 valence electrons. The van der Waals surface area contributed by atoms with E-state index in [2.05, 4.69) is 11.9 Å². The van der Waals surface area contributed by atoms with Crippen molar-refractivity contribution in [3.8, 4) is 11.5 Å². The van der Waals surface area contributed by atoms with Crippen LogP contribution in [0.3, 0.4) is 0 Å². The Morgan fingerprint density at radius 1 is 1.26 bits per heavy atom. The van der Waals surface area contributed by atoms with Crippen molar-refractivity contribution in [3.05, 3.63) is 39.2 Å². The Bertz CT molecular complexity index is 1000. The van der Waals surface area contributed by atoms with Gasteiger partial charge in [0.15, 0.2) is 0 Å². The summed E-state index contributed by atoms with van der Waals surface area (Å²) >= 11 is 0. The first kappa shape index (κ1) is 18.1. The van der Waals surface area contributed by atoms with Gasteiger partial charge in [-0.2, -0.15) is 0 Å². The first-order valence-electron chi connectivity index (χ1n) is 9.72. The third-order valence-corrected chi connectivity index (χ3v) is 5.73. The fourth-order valence-corrected chi connectivity index (χ4v) is 4.10. The molecule has 0 spiro atoms. The summed E-state index contributed by atoms with van der Waals surface area (Å²) < 4.78 is 12.6. The second kappa shape index (κ2) is 6.13. The Morgan fingerprint density at radius 2 is 2.00 bits per heavy atom. The highest BCUT2D eigenvalue weighted by molar-refractivity contribution is 5.98. The SMILES string of the molecule is CCCc1cc(=O)[nH]c2c3c(c4c(c12)OC(C)(C)C=C4)O[C@@H](C)[C@@H](C)[C@@H]3O. The molecule has 2 N–H and O–H groups in total. The van der Waals surface area contributed by atoms with Crippen molar-refractivity contribution in [1.82, 2.24) is 4.98 Å². The topological polar surface area (TPSA) is 71.6 Å². The minimum Gasteiger partial charge on any atom is -0.489 e. The van der Waals surface area contributed by atoms with Crippen molar-refractivity contribution in [2.75, 3.05) is 0 Å². The maximum atomic E-state index is 12.4. The summed E-state index contributed by atoms with van der Waals surface area (Å²) in [6.07, 6.45) is 4.85. The minimum atomic E-state index is -0.715. The standard InChI is InChI=1S/C22H27NO4/c1-6-7-13-10-15(24)23-18-16(13)21-14(8-9-22(4,5)27-21)20-17(18)19(25)11(2)12(3)26-20/h8-12,19,25H,6-7H2,1-5H3,(H,23,24)/t11-,12+,19+/m1/s1. The van der Waals surface area contributed by atoms with Crippen LogP contribution in [-0.2, 0) is 6.42 Å². The lowest BCUT2D eigenvalue weighted by molar-refractivity contribution is 0.0180. The molecular weight excluding hydrogens is 342 g/mol. The summed E-state index contributed by atoms with van der Waals surface area (Å²) in [5.74, 6) is 1.26. The van der Waals surface area contributed by atoms with Gasteiger partial charge in [-0.15, -0.1) is 0 Å². The van der Waals surface area contributed by atoms with Crippen LogP contribution in [0.1, 0.15) is 63.8 Å². The van der Waals surface area contributed by atoms with Gasteiger partial charge in [0.2, 0.25) is 5.56 Å². The van der Waals surface area contributed by atoms with Crippen molar-refractivity contribution >= 4 is 17.0 Å². The normalized spacial score (nSPS) is 25.5. The molecule has 0 saturated carbocycles. The lowest BCUT2D eigenvalue weighted by atomic mass is 9.84. The predicted molar refractivity (Wildman–Crippen MR) is 107 cm³/mol. The highest BCUT2D eigenvalue weighted by Crippen LogP contribution is 2.51. The van der Waals surface area contributed by atoms with Crippen LogP contribution in [0.15, 0.2) is 16.9 Å². The van der Waals surface area contributed by atoms with Gasteiger partial charge in [0.05, 0.1) is 17.2 Å². The van der Waals surface area contributed by atoms with Gasteiger partial charge in [-0.05, 0) is 44.9 Å². The molecule has 3 heterocycles. The lowest BCUT2D eigenvalue weighted by Gasteiger charge is -2.38. The maximum Gasteiger partial charge on any atom is 0.248 e. The highest BCUT2D eigenvalue weighted by Gasteiger charge is 2.38. The van der Waals surface area contributed by atoms with Crippen molar-refractivity contribution in [1.29, 1.82) is 0 Å². The quantitative estimate of drug-likeness (QED) is 0.835.